The molecular weight excluding hydrogens is 372 g/mol. The molecule has 1 fully saturated rings. The zero-order chi connectivity index (χ0) is 21.1. The summed E-state index contributed by atoms with van der Waals surface area (Å²) in [5.41, 5.74) is 12.3. The molecule has 0 bridgehead atoms. The highest BCUT2D eigenvalue weighted by molar-refractivity contribution is 5.47. The molecule has 6 nitrogen and oxygen atoms in total. The average molecular weight is 403 g/mol. The molecule has 1 aliphatic heterocycles. The number of nitrogen functional groups attached to an aromatic ring is 1. The SMILES string of the molecule is Cc1ccc(N2CCN(Cc3nc(N)nc(Cc4ccc(C)c(C)c4)n3)CC2)cc1. The Labute approximate surface area is 178 Å². The van der Waals surface area contributed by atoms with E-state index in [2.05, 4.69) is 83.0 Å². The number of benzene rings is 2. The Morgan fingerprint density at radius 3 is 2.20 bits per heavy atom. The Morgan fingerprint density at radius 2 is 1.50 bits per heavy atom. The normalized spacial score (nSPS) is 14.8. The number of hydrogen-bond acceptors (Lipinski definition) is 6. The molecule has 6 heteroatoms. The number of aryl methyl sites for hydroxylation is 3. The second-order valence-corrected chi connectivity index (χ2v) is 8.22. The summed E-state index contributed by atoms with van der Waals surface area (Å²) in [6.45, 7) is 11.0. The fraction of sp³-hybridized carbons (Fsp3) is 0.375. The summed E-state index contributed by atoms with van der Waals surface area (Å²) in [6, 6.07) is 15.2. The summed E-state index contributed by atoms with van der Waals surface area (Å²) < 4.78 is 0. The van der Waals surface area contributed by atoms with Gasteiger partial charge in [-0.3, -0.25) is 4.90 Å². The van der Waals surface area contributed by atoms with Crippen molar-refractivity contribution < 1.29 is 0 Å². The predicted octanol–water partition coefficient (Wildman–Crippen LogP) is 3.29. The Bertz CT molecular complexity index is 1010. The lowest BCUT2D eigenvalue weighted by atomic mass is 10.0. The minimum Gasteiger partial charge on any atom is -0.369 e. The van der Waals surface area contributed by atoms with Crippen molar-refractivity contribution in [3.05, 3.63) is 76.4 Å². The van der Waals surface area contributed by atoms with Crippen LogP contribution in [0.4, 0.5) is 11.6 Å². The quantitative estimate of drug-likeness (QED) is 0.706. The molecule has 3 aromatic rings. The second-order valence-electron chi connectivity index (χ2n) is 8.22. The Kier molecular flexibility index (Phi) is 5.95. The molecule has 2 heterocycles. The molecule has 0 unspecified atom stereocenters. The number of piperazine rings is 1. The van der Waals surface area contributed by atoms with Crippen LogP contribution in [-0.4, -0.2) is 46.0 Å². The summed E-state index contributed by atoms with van der Waals surface area (Å²) in [5.74, 6) is 1.79. The van der Waals surface area contributed by atoms with E-state index in [-0.39, 0.29) is 0 Å². The number of rotatable bonds is 5. The second kappa shape index (κ2) is 8.79. The summed E-state index contributed by atoms with van der Waals surface area (Å²) in [4.78, 5) is 18.3. The van der Waals surface area contributed by atoms with Gasteiger partial charge in [-0.05, 0) is 49.6 Å². The monoisotopic (exact) mass is 402 g/mol. The lowest BCUT2D eigenvalue weighted by molar-refractivity contribution is 0.243. The van der Waals surface area contributed by atoms with Crippen LogP contribution in [0.25, 0.3) is 0 Å². The van der Waals surface area contributed by atoms with Gasteiger partial charge in [-0.15, -0.1) is 0 Å². The molecule has 30 heavy (non-hydrogen) atoms. The molecule has 1 aromatic heterocycles. The minimum absolute atomic E-state index is 0.303. The third kappa shape index (κ3) is 4.94. The van der Waals surface area contributed by atoms with E-state index in [0.717, 1.165) is 37.8 Å². The molecule has 0 spiro atoms. The van der Waals surface area contributed by atoms with Crippen molar-refractivity contribution >= 4 is 11.6 Å². The molecule has 156 valence electrons. The highest BCUT2D eigenvalue weighted by Gasteiger charge is 2.19. The van der Waals surface area contributed by atoms with Gasteiger partial charge < -0.3 is 10.6 Å². The number of anilines is 2. The number of nitrogens with zero attached hydrogens (tertiary/aromatic N) is 5. The van der Waals surface area contributed by atoms with Crippen molar-refractivity contribution in [1.82, 2.24) is 19.9 Å². The van der Waals surface area contributed by atoms with Crippen molar-refractivity contribution in [3.63, 3.8) is 0 Å². The third-order valence-electron chi connectivity index (χ3n) is 5.82. The molecule has 0 amide bonds. The maximum absolute atomic E-state index is 5.99. The number of nitrogens with two attached hydrogens (primary N) is 1. The van der Waals surface area contributed by atoms with Crippen LogP contribution in [0.5, 0.6) is 0 Å². The standard InChI is InChI=1S/C24H30N6/c1-17-4-8-21(9-5-17)30-12-10-29(11-13-30)16-23-26-22(27-24(25)28-23)15-20-7-6-18(2)19(3)14-20/h4-9,14H,10-13,15-16H2,1-3H3,(H2,25,26,27,28). The van der Waals surface area contributed by atoms with Crippen molar-refractivity contribution in [2.75, 3.05) is 36.8 Å². The molecule has 4 rings (SSSR count). The van der Waals surface area contributed by atoms with E-state index in [9.17, 15) is 0 Å². The van der Waals surface area contributed by atoms with Crippen LogP contribution >= 0.6 is 0 Å². The van der Waals surface area contributed by atoms with E-state index in [1.54, 1.807) is 0 Å². The first-order valence-electron chi connectivity index (χ1n) is 10.6. The van der Waals surface area contributed by atoms with Gasteiger partial charge in [-0.1, -0.05) is 35.9 Å². The first-order valence-corrected chi connectivity index (χ1v) is 10.6. The molecule has 0 atom stereocenters. The maximum Gasteiger partial charge on any atom is 0.223 e. The smallest absolute Gasteiger partial charge is 0.223 e. The predicted molar refractivity (Wildman–Crippen MR) is 122 cm³/mol. The molecule has 0 aliphatic carbocycles. The van der Waals surface area contributed by atoms with Crippen LogP contribution in [0.3, 0.4) is 0 Å². The largest absolute Gasteiger partial charge is 0.369 e. The fourth-order valence-electron chi connectivity index (χ4n) is 3.85. The van der Waals surface area contributed by atoms with Crippen molar-refractivity contribution in [2.24, 2.45) is 0 Å². The van der Waals surface area contributed by atoms with E-state index in [0.29, 0.717) is 18.9 Å². The van der Waals surface area contributed by atoms with Gasteiger partial charge in [-0.25, -0.2) is 4.98 Å². The summed E-state index contributed by atoms with van der Waals surface area (Å²) in [7, 11) is 0. The lowest BCUT2D eigenvalue weighted by Gasteiger charge is -2.35. The molecule has 0 saturated carbocycles. The lowest BCUT2D eigenvalue weighted by Crippen LogP contribution is -2.46. The van der Waals surface area contributed by atoms with Gasteiger partial charge in [0.15, 0.2) is 0 Å². The summed E-state index contributed by atoms with van der Waals surface area (Å²) >= 11 is 0. The third-order valence-corrected chi connectivity index (χ3v) is 5.82. The van der Waals surface area contributed by atoms with E-state index >= 15 is 0 Å². The zero-order valence-corrected chi connectivity index (χ0v) is 18.1. The van der Waals surface area contributed by atoms with Gasteiger partial charge in [0.05, 0.1) is 6.54 Å². The first-order chi connectivity index (χ1) is 14.5. The van der Waals surface area contributed by atoms with Crippen molar-refractivity contribution in [2.45, 2.75) is 33.7 Å². The molecule has 1 aliphatic rings. The zero-order valence-electron chi connectivity index (χ0n) is 18.1. The van der Waals surface area contributed by atoms with Crippen LogP contribution < -0.4 is 10.6 Å². The van der Waals surface area contributed by atoms with Crippen LogP contribution in [0, 0.1) is 20.8 Å². The highest BCUT2D eigenvalue weighted by Crippen LogP contribution is 2.18. The van der Waals surface area contributed by atoms with Crippen LogP contribution in [0.1, 0.15) is 33.9 Å². The Hall–Kier alpha value is -2.99. The fourth-order valence-corrected chi connectivity index (χ4v) is 3.85. The van der Waals surface area contributed by atoms with Crippen LogP contribution in [-0.2, 0) is 13.0 Å². The van der Waals surface area contributed by atoms with Crippen LogP contribution in [0.15, 0.2) is 42.5 Å². The van der Waals surface area contributed by atoms with Gasteiger partial charge in [-0.2, -0.15) is 9.97 Å². The van der Waals surface area contributed by atoms with E-state index < -0.39 is 0 Å². The number of aromatic nitrogens is 3. The van der Waals surface area contributed by atoms with Gasteiger partial charge in [0.2, 0.25) is 5.95 Å². The molecule has 0 radical (unpaired) electrons. The summed E-state index contributed by atoms with van der Waals surface area (Å²) in [5, 5.41) is 0. The molecule has 2 aromatic carbocycles. The Balaban J connectivity index is 1.39. The van der Waals surface area contributed by atoms with E-state index in [1.165, 1.54) is 27.9 Å². The highest BCUT2D eigenvalue weighted by atomic mass is 15.3. The first kappa shape index (κ1) is 20.3. The maximum atomic E-state index is 5.99. The van der Waals surface area contributed by atoms with Crippen LogP contribution in [0.2, 0.25) is 0 Å². The van der Waals surface area contributed by atoms with E-state index in [4.69, 9.17) is 10.7 Å². The molecular formula is C24H30N6. The van der Waals surface area contributed by atoms with Crippen molar-refractivity contribution in [3.8, 4) is 0 Å². The Morgan fingerprint density at radius 1 is 0.800 bits per heavy atom. The van der Waals surface area contributed by atoms with Gasteiger partial charge in [0, 0.05) is 38.3 Å². The topological polar surface area (TPSA) is 71.2 Å². The van der Waals surface area contributed by atoms with Gasteiger partial charge in [0.25, 0.3) is 0 Å². The van der Waals surface area contributed by atoms with Crippen molar-refractivity contribution in [1.29, 1.82) is 0 Å². The molecule has 2 N–H and O–H groups in total. The van der Waals surface area contributed by atoms with E-state index in [1.807, 2.05) is 0 Å². The van der Waals surface area contributed by atoms with Gasteiger partial charge >= 0.3 is 0 Å². The number of hydrogen-bond donors (Lipinski definition) is 1. The average Bonchev–Trinajstić information content (AvgIpc) is 2.72. The minimum atomic E-state index is 0.303. The van der Waals surface area contributed by atoms with Gasteiger partial charge in [0.1, 0.15) is 11.6 Å². The summed E-state index contributed by atoms with van der Waals surface area (Å²) in [6.07, 6.45) is 0.669. The molecule has 1 saturated heterocycles.